The molecular formula is C10H20N4O. The molecule has 1 rings (SSSR count). The van der Waals surface area contributed by atoms with Crippen LogP contribution in [0.4, 0.5) is 0 Å². The Bertz CT molecular complexity index is 306. The molecule has 0 amide bonds. The second kappa shape index (κ2) is 4.72. The van der Waals surface area contributed by atoms with E-state index in [1.165, 1.54) is 6.33 Å². The Hall–Kier alpha value is -0.940. The summed E-state index contributed by atoms with van der Waals surface area (Å²) < 4.78 is 7.20. The van der Waals surface area contributed by atoms with Crippen LogP contribution in [0.25, 0.3) is 0 Å². The number of nitrogens with zero attached hydrogens (tertiary/aromatic N) is 3. The second-order valence-electron chi connectivity index (χ2n) is 3.98. The molecule has 15 heavy (non-hydrogen) atoms. The van der Waals surface area contributed by atoms with Crippen molar-refractivity contribution in [3.63, 3.8) is 0 Å². The minimum atomic E-state index is -0.300. The van der Waals surface area contributed by atoms with Crippen molar-refractivity contribution >= 4 is 0 Å². The van der Waals surface area contributed by atoms with Gasteiger partial charge in [-0.1, -0.05) is 6.92 Å². The standard InChI is InChI=1S/C10H20N4O/c1-5-10(2,15-4)8(11)6-9-12-7-13-14(9)3/h7-8H,5-6,11H2,1-4H3. The van der Waals surface area contributed by atoms with Crippen molar-refractivity contribution in [1.82, 2.24) is 14.8 Å². The van der Waals surface area contributed by atoms with E-state index in [2.05, 4.69) is 17.0 Å². The minimum Gasteiger partial charge on any atom is -0.377 e. The van der Waals surface area contributed by atoms with E-state index in [9.17, 15) is 0 Å². The highest BCUT2D eigenvalue weighted by Gasteiger charge is 2.30. The largest absolute Gasteiger partial charge is 0.377 e. The number of methoxy groups -OCH3 is 1. The molecule has 2 unspecified atom stereocenters. The third-order valence-electron chi connectivity index (χ3n) is 3.16. The summed E-state index contributed by atoms with van der Waals surface area (Å²) in [4.78, 5) is 4.15. The van der Waals surface area contributed by atoms with Crippen LogP contribution in [0, 0.1) is 0 Å². The number of aromatic nitrogens is 3. The summed E-state index contributed by atoms with van der Waals surface area (Å²) in [6, 6.07) is -0.0737. The molecular weight excluding hydrogens is 192 g/mol. The maximum atomic E-state index is 6.13. The highest BCUT2D eigenvalue weighted by Crippen LogP contribution is 2.19. The van der Waals surface area contributed by atoms with Gasteiger partial charge in [0.2, 0.25) is 0 Å². The quantitative estimate of drug-likeness (QED) is 0.772. The minimum absolute atomic E-state index is 0.0737. The highest BCUT2D eigenvalue weighted by molar-refractivity contribution is 4.95. The Labute approximate surface area is 90.6 Å². The van der Waals surface area contributed by atoms with Crippen molar-refractivity contribution in [3.8, 4) is 0 Å². The SMILES string of the molecule is CCC(C)(OC)C(N)Cc1ncnn1C. The molecule has 0 aliphatic heterocycles. The number of nitrogens with two attached hydrogens (primary N) is 1. The fourth-order valence-corrected chi connectivity index (χ4v) is 1.48. The van der Waals surface area contributed by atoms with Gasteiger partial charge in [-0.15, -0.1) is 0 Å². The monoisotopic (exact) mass is 212 g/mol. The Morgan fingerprint density at radius 3 is 2.73 bits per heavy atom. The van der Waals surface area contributed by atoms with E-state index in [0.29, 0.717) is 6.42 Å². The average Bonchev–Trinajstić information content (AvgIpc) is 2.63. The third-order valence-corrected chi connectivity index (χ3v) is 3.16. The van der Waals surface area contributed by atoms with Gasteiger partial charge in [0.15, 0.2) is 0 Å². The maximum Gasteiger partial charge on any atom is 0.138 e. The van der Waals surface area contributed by atoms with E-state index >= 15 is 0 Å². The molecule has 5 nitrogen and oxygen atoms in total. The topological polar surface area (TPSA) is 66.0 Å². The van der Waals surface area contributed by atoms with E-state index in [-0.39, 0.29) is 11.6 Å². The van der Waals surface area contributed by atoms with Crippen molar-refractivity contribution in [2.24, 2.45) is 12.8 Å². The van der Waals surface area contributed by atoms with Gasteiger partial charge in [0.25, 0.3) is 0 Å². The lowest BCUT2D eigenvalue weighted by atomic mass is 9.91. The summed E-state index contributed by atoms with van der Waals surface area (Å²) in [7, 11) is 3.56. The van der Waals surface area contributed by atoms with Gasteiger partial charge in [-0.2, -0.15) is 5.10 Å². The van der Waals surface area contributed by atoms with Crippen LogP contribution in [0.5, 0.6) is 0 Å². The molecule has 0 saturated heterocycles. The zero-order valence-electron chi connectivity index (χ0n) is 9.90. The lowest BCUT2D eigenvalue weighted by Gasteiger charge is -2.32. The molecule has 0 saturated carbocycles. The summed E-state index contributed by atoms with van der Waals surface area (Å²) >= 11 is 0. The van der Waals surface area contributed by atoms with Crippen LogP contribution in [0.3, 0.4) is 0 Å². The predicted octanol–water partition coefficient (Wildman–Crippen LogP) is 0.500. The summed E-state index contributed by atoms with van der Waals surface area (Å²) in [5.41, 5.74) is 5.83. The molecule has 0 aliphatic carbocycles. The van der Waals surface area contributed by atoms with Gasteiger partial charge >= 0.3 is 0 Å². The van der Waals surface area contributed by atoms with Gasteiger partial charge in [-0.3, -0.25) is 4.68 Å². The molecule has 2 atom stereocenters. The van der Waals surface area contributed by atoms with E-state index in [0.717, 1.165) is 12.2 Å². The second-order valence-corrected chi connectivity index (χ2v) is 3.98. The molecule has 2 N–H and O–H groups in total. The van der Waals surface area contributed by atoms with Crippen LogP contribution in [0.2, 0.25) is 0 Å². The molecule has 0 spiro atoms. The van der Waals surface area contributed by atoms with Gasteiger partial charge in [0.1, 0.15) is 12.2 Å². The van der Waals surface area contributed by atoms with Crippen LogP contribution in [-0.2, 0) is 18.2 Å². The molecule has 0 aromatic carbocycles. The third kappa shape index (κ3) is 2.54. The fourth-order valence-electron chi connectivity index (χ4n) is 1.48. The highest BCUT2D eigenvalue weighted by atomic mass is 16.5. The smallest absolute Gasteiger partial charge is 0.138 e. The summed E-state index contributed by atoms with van der Waals surface area (Å²) in [5, 5.41) is 4.01. The van der Waals surface area contributed by atoms with Gasteiger partial charge < -0.3 is 10.5 Å². The molecule has 5 heteroatoms. The normalized spacial score (nSPS) is 17.4. The van der Waals surface area contributed by atoms with Crippen LogP contribution in [-0.4, -0.2) is 33.5 Å². The average molecular weight is 212 g/mol. The van der Waals surface area contributed by atoms with Crippen molar-refractivity contribution in [3.05, 3.63) is 12.2 Å². The van der Waals surface area contributed by atoms with Crippen molar-refractivity contribution in [2.75, 3.05) is 7.11 Å². The van der Waals surface area contributed by atoms with Crippen LogP contribution in [0.15, 0.2) is 6.33 Å². The summed E-state index contributed by atoms with van der Waals surface area (Å²) in [6.45, 7) is 4.09. The zero-order chi connectivity index (χ0) is 11.5. The van der Waals surface area contributed by atoms with Gasteiger partial charge in [0, 0.05) is 26.6 Å². The number of hydrogen-bond donors (Lipinski definition) is 1. The number of ether oxygens (including phenoxy) is 1. The van der Waals surface area contributed by atoms with Crippen LogP contribution >= 0.6 is 0 Å². The zero-order valence-corrected chi connectivity index (χ0v) is 9.90. The lowest BCUT2D eigenvalue weighted by molar-refractivity contribution is -0.0190. The Morgan fingerprint density at radius 1 is 1.67 bits per heavy atom. The molecule has 0 radical (unpaired) electrons. The molecule has 1 aromatic rings. The van der Waals surface area contributed by atoms with Crippen LogP contribution < -0.4 is 5.73 Å². The van der Waals surface area contributed by atoms with Crippen LogP contribution in [0.1, 0.15) is 26.1 Å². The molecule has 86 valence electrons. The van der Waals surface area contributed by atoms with E-state index < -0.39 is 0 Å². The van der Waals surface area contributed by atoms with Crippen molar-refractivity contribution < 1.29 is 4.74 Å². The molecule has 1 aromatic heterocycles. The Morgan fingerprint density at radius 2 is 2.33 bits per heavy atom. The number of hydrogen-bond acceptors (Lipinski definition) is 4. The first-order chi connectivity index (χ1) is 7.03. The van der Waals surface area contributed by atoms with Gasteiger partial charge in [-0.25, -0.2) is 4.98 Å². The van der Waals surface area contributed by atoms with E-state index in [1.54, 1.807) is 11.8 Å². The van der Waals surface area contributed by atoms with Gasteiger partial charge in [0.05, 0.1) is 5.60 Å². The number of aryl methyl sites for hydroxylation is 1. The number of rotatable bonds is 5. The Balaban J connectivity index is 2.70. The molecule has 1 heterocycles. The fraction of sp³-hybridized carbons (Fsp3) is 0.800. The molecule has 0 fully saturated rings. The summed E-state index contributed by atoms with van der Waals surface area (Å²) in [6.07, 6.45) is 3.09. The maximum absolute atomic E-state index is 6.13. The first-order valence-corrected chi connectivity index (χ1v) is 5.17. The lowest BCUT2D eigenvalue weighted by Crippen LogP contribution is -2.48. The molecule has 0 aliphatic rings. The first-order valence-electron chi connectivity index (χ1n) is 5.17. The molecule has 0 bridgehead atoms. The Kier molecular flexibility index (Phi) is 3.82. The summed E-state index contributed by atoms with van der Waals surface area (Å²) in [5.74, 6) is 0.888. The van der Waals surface area contributed by atoms with Crippen molar-refractivity contribution in [2.45, 2.75) is 38.3 Å². The van der Waals surface area contributed by atoms with Gasteiger partial charge in [-0.05, 0) is 13.3 Å². The first kappa shape index (κ1) is 12.1. The van der Waals surface area contributed by atoms with E-state index in [4.69, 9.17) is 10.5 Å². The van der Waals surface area contributed by atoms with E-state index in [1.807, 2.05) is 14.0 Å². The predicted molar refractivity (Wildman–Crippen MR) is 58.4 cm³/mol. The van der Waals surface area contributed by atoms with Crippen molar-refractivity contribution in [1.29, 1.82) is 0 Å².